The van der Waals surface area contributed by atoms with Crippen molar-refractivity contribution in [2.75, 3.05) is 39.6 Å². The first-order chi connectivity index (χ1) is 61.2. The molecule has 5 atom stereocenters. The van der Waals surface area contributed by atoms with Crippen molar-refractivity contribution < 1.29 is 75.8 Å². The molecule has 0 aliphatic rings. The van der Waals surface area contributed by atoms with E-state index in [4.69, 9.17) is 32.3 Å². The number of phosphoric ester groups is 2. The number of rotatable bonds is 93. The third-order valence-corrected chi connectivity index (χ3v) is 22.7. The second-order valence-electron chi connectivity index (χ2n) is 32.8. The Morgan fingerprint density at radius 3 is 0.632 bits per heavy atom. The largest absolute Gasteiger partial charge is 0.472 e. The fraction of sp³-hybridized carbons (Fsp3) is 0.673. The van der Waals surface area contributed by atoms with Crippen molar-refractivity contribution in [2.24, 2.45) is 0 Å². The van der Waals surface area contributed by atoms with Gasteiger partial charge >= 0.3 is 33.6 Å². The van der Waals surface area contributed by atoms with Gasteiger partial charge in [-0.1, -0.05) is 421 Å². The maximum atomic E-state index is 13.1. The van der Waals surface area contributed by atoms with Crippen molar-refractivity contribution >= 4 is 33.6 Å². The lowest BCUT2D eigenvalue weighted by Gasteiger charge is -2.21. The van der Waals surface area contributed by atoms with Crippen LogP contribution < -0.4 is 0 Å². The summed E-state index contributed by atoms with van der Waals surface area (Å²) in [5.74, 6) is -1.58. The van der Waals surface area contributed by atoms with E-state index < -0.39 is 91.5 Å². The molecule has 0 amide bonds. The van der Waals surface area contributed by atoms with Crippen molar-refractivity contribution in [1.82, 2.24) is 0 Å². The number of esters is 3. The molecule has 0 heterocycles. The molecule has 0 spiro atoms. The van der Waals surface area contributed by atoms with Crippen molar-refractivity contribution in [1.29, 1.82) is 0 Å². The number of carbonyl (C=O) groups is 3. The molecule has 0 aromatic rings. The first-order valence-electron chi connectivity index (χ1n) is 49.7. The van der Waals surface area contributed by atoms with Crippen LogP contribution in [-0.2, 0) is 55.8 Å². The number of aliphatic hydroxyl groups is 2. The molecule has 125 heavy (non-hydrogen) atoms. The third kappa shape index (κ3) is 98.8. The van der Waals surface area contributed by atoms with Gasteiger partial charge in [0.05, 0.1) is 26.4 Å². The molecule has 0 aromatic carbocycles. The fourth-order valence-electron chi connectivity index (χ4n) is 13.4. The van der Waals surface area contributed by atoms with Gasteiger partial charge in [0.1, 0.15) is 25.4 Å². The third-order valence-electron chi connectivity index (χ3n) is 20.8. The first-order valence-corrected chi connectivity index (χ1v) is 52.7. The maximum Gasteiger partial charge on any atom is 0.472 e. The second kappa shape index (κ2) is 97.4. The monoisotopic (exact) mass is 1780 g/mol. The number of ether oxygens (including phenoxy) is 3. The minimum atomic E-state index is -4.95. The van der Waals surface area contributed by atoms with E-state index in [-0.39, 0.29) is 19.3 Å². The Bertz CT molecular complexity index is 3050. The van der Waals surface area contributed by atoms with Crippen LogP contribution in [0.25, 0.3) is 0 Å². The highest BCUT2D eigenvalue weighted by atomic mass is 31.2. The van der Waals surface area contributed by atoms with Gasteiger partial charge in [-0.2, -0.15) is 0 Å². The van der Waals surface area contributed by atoms with Gasteiger partial charge < -0.3 is 34.2 Å². The van der Waals surface area contributed by atoms with Crippen molar-refractivity contribution in [3.05, 3.63) is 194 Å². The molecular weight excluding hydrogens is 1600 g/mol. The standard InChI is InChI=1S/C107H180O16P2/c1-4-7-10-13-16-19-22-25-28-31-34-37-40-43-46-48-49-50-51-53-56-57-60-63-66-69-72-75-78-81-84-87-90-93-105(110)117-96-102(108)97-119-124(113,114)120-98-103(109)99-121-125(115,116)122-101-104(123-107(112)95-92-89-86-83-80-77-74-71-68-65-62-59-54-45-42-39-36-33-30-27-24-21-18-15-12-9-6-3)100-118-106(111)94-91-88-85-82-79-76-73-70-67-64-61-58-55-52-47-44-41-38-35-32-29-26-23-20-17-14-11-8-5-2/h7-12,16-21,25-30,34-39,43-47,54,62,65,102-104,108-109H,4-6,13-15,22-24,31-33,40-42,48-53,55-61,63-64,66-101H2,1-3H3,(H,113,114)(H,115,116)/b10-7-,11-8-,12-9-,19-16-,20-17-,21-18-,28-25-,29-26-,30-27-,37-34-,38-35-,39-36-,46-43-,47-44-,54-45-,65-62-. The van der Waals surface area contributed by atoms with Crippen molar-refractivity contribution in [3.8, 4) is 0 Å². The van der Waals surface area contributed by atoms with Crippen LogP contribution in [0.2, 0.25) is 0 Å². The second-order valence-corrected chi connectivity index (χ2v) is 35.7. The summed E-state index contributed by atoms with van der Waals surface area (Å²) in [7, 11) is -9.82. The Kier molecular flexibility index (Phi) is 93.1. The van der Waals surface area contributed by atoms with Gasteiger partial charge in [0.2, 0.25) is 0 Å². The average molecular weight is 1780 g/mol. The molecule has 0 bridgehead atoms. The van der Waals surface area contributed by atoms with E-state index in [2.05, 4.69) is 215 Å². The molecule has 0 saturated heterocycles. The molecule has 714 valence electrons. The van der Waals surface area contributed by atoms with Crippen LogP contribution in [0, 0.1) is 0 Å². The maximum absolute atomic E-state index is 13.1. The first kappa shape index (κ1) is 119. The van der Waals surface area contributed by atoms with Crippen LogP contribution in [-0.4, -0.2) is 95.9 Å². The molecular formula is C107H180O16P2. The minimum Gasteiger partial charge on any atom is -0.463 e. The molecule has 0 aromatic heterocycles. The van der Waals surface area contributed by atoms with Crippen LogP contribution in [0.15, 0.2) is 194 Å². The Morgan fingerprint density at radius 1 is 0.224 bits per heavy atom. The molecule has 0 radical (unpaired) electrons. The zero-order valence-corrected chi connectivity index (χ0v) is 80.7. The number of unbranched alkanes of at least 4 members (excludes halogenated alkanes) is 38. The molecule has 16 nitrogen and oxygen atoms in total. The summed E-state index contributed by atoms with van der Waals surface area (Å²) in [5, 5.41) is 20.8. The number of hydrogen-bond acceptors (Lipinski definition) is 14. The normalized spacial score (nSPS) is 14.5. The fourth-order valence-corrected chi connectivity index (χ4v) is 15.0. The van der Waals surface area contributed by atoms with E-state index in [1.165, 1.54) is 148 Å². The summed E-state index contributed by atoms with van der Waals surface area (Å²) < 4.78 is 61.7. The smallest absolute Gasteiger partial charge is 0.463 e. The van der Waals surface area contributed by atoms with Gasteiger partial charge in [0.15, 0.2) is 6.10 Å². The van der Waals surface area contributed by atoms with Gasteiger partial charge in [0.25, 0.3) is 0 Å². The van der Waals surface area contributed by atoms with E-state index in [1.807, 2.05) is 0 Å². The van der Waals surface area contributed by atoms with Gasteiger partial charge in [-0.15, -0.1) is 0 Å². The predicted octanol–water partition coefficient (Wildman–Crippen LogP) is 31.3. The van der Waals surface area contributed by atoms with Crippen molar-refractivity contribution in [2.45, 2.75) is 424 Å². The molecule has 0 aliphatic carbocycles. The highest BCUT2D eigenvalue weighted by molar-refractivity contribution is 7.47. The predicted molar refractivity (Wildman–Crippen MR) is 528 cm³/mol. The van der Waals surface area contributed by atoms with E-state index in [0.717, 1.165) is 199 Å². The summed E-state index contributed by atoms with van der Waals surface area (Å²) >= 11 is 0. The van der Waals surface area contributed by atoms with Crippen LogP contribution in [0.4, 0.5) is 0 Å². The molecule has 0 fully saturated rings. The zero-order chi connectivity index (χ0) is 90.7. The summed E-state index contributed by atoms with van der Waals surface area (Å²) in [5.41, 5.74) is 0. The summed E-state index contributed by atoms with van der Waals surface area (Å²) in [4.78, 5) is 59.2. The highest BCUT2D eigenvalue weighted by Gasteiger charge is 2.30. The molecule has 5 unspecified atom stereocenters. The Labute approximate surface area is 763 Å². The van der Waals surface area contributed by atoms with E-state index in [0.29, 0.717) is 19.3 Å². The average Bonchev–Trinajstić information content (AvgIpc) is 0.900. The zero-order valence-electron chi connectivity index (χ0n) is 79.0. The lowest BCUT2D eigenvalue weighted by molar-refractivity contribution is -0.161. The van der Waals surface area contributed by atoms with Crippen LogP contribution in [0.3, 0.4) is 0 Å². The summed E-state index contributed by atoms with van der Waals surface area (Å²) in [6.45, 7) is 2.39. The molecule has 0 rings (SSSR count). The SMILES string of the molecule is CC/C=C\C/C=C\C/C=C\C/C=C\C/C=C\C/C=C\CCCCCCCCCCC(=O)OC(COC(=O)CCCCCCCCCCCCCCC/C=C\C/C=C\C/C=C\C/C=C\C/C=C\CC)COP(=O)(O)OCC(O)COP(=O)(O)OCC(O)COC(=O)CCCCCCCCCCCCCCCCCCC/C=C\C/C=C\C/C=C\C/C=C\C/C=C\CC. The van der Waals surface area contributed by atoms with E-state index >= 15 is 0 Å². The lowest BCUT2D eigenvalue weighted by Crippen LogP contribution is -2.30. The topological polar surface area (TPSA) is 231 Å². The molecule has 0 saturated carbocycles. The van der Waals surface area contributed by atoms with E-state index in [9.17, 15) is 43.5 Å². The number of allylic oxidation sites excluding steroid dienone is 32. The van der Waals surface area contributed by atoms with Crippen LogP contribution >= 0.6 is 15.6 Å². The molecule has 18 heteroatoms. The molecule has 0 aliphatic heterocycles. The Balaban J connectivity index is 4.62. The number of hydrogen-bond donors (Lipinski definition) is 4. The number of aliphatic hydroxyl groups excluding tert-OH is 2. The van der Waals surface area contributed by atoms with Crippen LogP contribution in [0.1, 0.15) is 406 Å². The van der Waals surface area contributed by atoms with E-state index in [1.54, 1.807) is 0 Å². The number of carbonyl (C=O) groups excluding carboxylic acids is 3. The van der Waals surface area contributed by atoms with Gasteiger partial charge in [0, 0.05) is 19.3 Å². The highest BCUT2D eigenvalue weighted by Crippen LogP contribution is 2.45. The van der Waals surface area contributed by atoms with Crippen molar-refractivity contribution in [3.63, 3.8) is 0 Å². The minimum absolute atomic E-state index is 0.0888. The Hall–Kier alpha value is -5.61. The summed E-state index contributed by atoms with van der Waals surface area (Å²) in [6.07, 6.45) is 131. The Morgan fingerprint density at radius 2 is 0.400 bits per heavy atom. The van der Waals surface area contributed by atoms with Crippen LogP contribution in [0.5, 0.6) is 0 Å². The quantitative estimate of drug-likeness (QED) is 0.0146. The van der Waals surface area contributed by atoms with Gasteiger partial charge in [-0.25, -0.2) is 9.13 Å². The van der Waals surface area contributed by atoms with Gasteiger partial charge in [-0.05, 0) is 161 Å². The van der Waals surface area contributed by atoms with Gasteiger partial charge in [-0.3, -0.25) is 32.5 Å². The number of phosphoric acid groups is 2. The summed E-state index contributed by atoms with van der Waals surface area (Å²) in [6, 6.07) is 0. The molecule has 4 N–H and O–H groups in total. The lowest BCUT2D eigenvalue weighted by atomic mass is 10.0.